The molecule has 0 saturated heterocycles. The number of aliphatic hydroxyl groups is 1. The number of aliphatic hydroxyl groups excluding tert-OH is 1. The van der Waals surface area contributed by atoms with Crippen molar-refractivity contribution in [1.29, 1.82) is 0 Å². The Morgan fingerprint density at radius 3 is 2.38 bits per heavy atom. The molecule has 1 unspecified atom stereocenters. The van der Waals surface area contributed by atoms with Crippen molar-refractivity contribution in [3.8, 4) is 0 Å². The maximum Gasteiger partial charge on any atom is 0.0543 e. The molecule has 0 amide bonds. The number of benzene rings is 2. The number of hydrogen-bond acceptors (Lipinski definition) is 2. The predicted octanol–water partition coefficient (Wildman–Crippen LogP) is 3.84. The van der Waals surface area contributed by atoms with Gasteiger partial charge >= 0.3 is 0 Å². The van der Waals surface area contributed by atoms with E-state index in [4.69, 9.17) is 17.3 Å². The average molecular weight is 369 g/mol. The molecule has 0 saturated carbocycles. The predicted molar refractivity (Wildman–Crippen MR) is 91.9 cm³/mol. The standard InChI is InChI=1S/C17H19BrClNO/c1-12-2-5-14(6-3-12)17(10-20,11-21)9-13-4-7-15(18)8-16(13)19/h2-8,21H,9-11,20H2,1H3. The zero-order valence-electron chi connectivity index (χ0n) is 11.9. The molecule has 0 bridgehead atoms. The summed E-state index contributed by atoms with van der Waals surface area (Å²) in [7, 11) is 0. The van der Waals surface area contributed by atoms with Crippen LogP contribution in [0.5, 0.6) is 0 Å². The summed E-state index contributed by atoms with van der Waals surface area (Å²) in [5.41, 5.74) is 8.70. The number of hydrogen-bond donors (Lipinski definition) is 2. The molecule has 2 nitrogen and oxygen atoms in total. The molecule has 112 valence electrons. The molecule has 2 aromatic carbocycles. The highest BCUT2D eigenvalue weighted by Gasteiger charge is 2.31. The quantitative estimate of drug-likeness (QED) is 0.842. The summed E-state index contributed by atoms with van der Waals surface area (Å²) >= 11 is 9.71. The fourth-order valence-electron chi connectivity index (χ4n) is 2.44. The summed E-state index contributed by atoms with van der Waals surface area (Å²) in [6.07, 6.45) is 0.606. The fraction of sp³-hybridized carbons (Fsp3) is 0.294. The molecule has 0 heterocycles. The smallest absolute Gasteiger partial charge is 0.0543 e. The van der Waals surface area contributed by atoms with E-state index in [-0.39, 0.29) is 6.61 Å². The van der Waals surface area contributed by atoms with Crippen molar-refractivity contribution in [2.75, 3.05) is 13.2 Å². The molecular formula is C17H19BrClNO. The highest BCUT2D eigenvalue weighted by atomic mass is 79.9. The van der Waals surface area contributed by atoms with Crippen LogP contribution in [0.3, 0.4) is 0 Å². The topological polar surface area (TPSA) is 46.2 Å². The largest absolute Gasteiger partial charge is 0.395 e. The maximum absolute atomic E-state index is 9.97. The van der Waals surface area contributed by atoms with Crippen LogP contribution in [0.4, 0.5) is 0 Å². The van der Waals surface area contributed by atoms with Gasteiger partial charge in [0, 0.05) is 21.5 Å². The lowest BCUT2D eigenvalue weighted by Crippen LogP contribution is -2.41. The van der Waals surface area contributed by atoms with Gasteiger partial charge in [-0.3, -0.25) is 0 Å². The minimum Gasteiger partial charge on any atom is -0.395 e. The summed E-state index contributed by atoms with van der Waals surface area (Å²) < 4.78 is 0.939. The van der Waals surface area contributed by atoms with Gasteiger partial charge in [-0.25, -0.2) is 0 Å². The lowest BCUT2D eigenvalue weighted by atomic mass is 9.76. The molecule has 4 heteroatoms. The highest BCUT2D eigenvalue weighted by Crippen LogP contribution is 2.31. The van der Waals surface area contributed by atoms with Crippen LogP contribution in [-0.2, 0) is 11.8 Å². The molecule has 21 heavy (non-hydrogen) atoms. The molecule has 0 aromatic heterocycles. The zero-order chi connectivity index (χ0) is 15.5. The molecule has 0 aliphatic heterocycles. The van der Waals surface area contributed by atoms with E-state index in [9.17, 15) is 5.11 Å². The van der Waals surface area contributed by atoms with Crippen LogP contribution in [0.1, 0.15) is 16.7 Å². The van der Waals surface area contributed by atoms with Gasteiger partial charge in [-0.05, 0) is 36.6 Å². The third-order valence-electron chi connectivity index (χ3n) is 3.90. The zero-order valence-corrected chi connectivity index (χ0v) is 14.3. The second-order valence-corrected chi connectivity index (χ2v) is 6.74. The molecule has 2 rings (SSSR count). The van der Waals surface area contributed by atoms with Crippen molar-refractivity contribution in [1.82, 2.24) is 0 Å². The van der Waals surface area contributed by atoms with E-state index < -0.39 is 5.41 Å². The van der Waals surface area contributed by atoms with Gasteiger partial charge < -0.3 is 10.8 Å². The van der Waals surface area contributed by atoms with Gasteiger partial charge in [0.15, 0.2) is 0 Å². The van der Waals surface area contributed by atoms with Crippen LogP contribution in [0, 0.1) is 6.92 Å². The first-order valence-electron chi connectivity index (χ1n) is 6.83. The minimum atomic E-state index is -0.509. The Hall–Kier alpha value is -0.870. The van der Waals surface area contributed by atoms with Gasteiger partial charge in [0.2, 0.25) is 0 Å². The summed E-state index contributed by atoms with van der Waals surface area (Å²) in [6.45, 7) is 2.39. The molecule has 0 aliphatic rings. The molecule has 0 spiro atoms. The van der Waals surface area contributed by atoms with Crippen molar-refractivity contribution >= 4 is 27.5 Å². The van der Waals surface area contributed by atoms with E-state index >= 15 is 0 Å². The van der Waals surface area contributed by atoms with Crippen molar-refractivity contribution in [3.05, 3.63) is 68.7 Å². The summed E-state index contributed by atoms with van der Waals surface area (Å²) in [5, 5.41) is 10.7. The fourth-order valence-corrected chi connectivity index (χ4v) is 3.18. The average Bonchev–Trinajstić information content (AvgIpc) is 2.48. The van der Waals surface area contributed by atoms with E-state index in [2.05, 4.69) is 15.9 Å². The summed E-state index contributed by atoms with van der Waals surface area (Å²) in [6, 6.07) is 13.9. The monoisotopic (exact) mass is 367 g/mol. The number of rotatable bonds is 5. The normalized spacial score (nSPS) is 14.0. The first kappa shape index (κ1) is 16.5. The lowest BCUT2D eigenvalue weighted by molar-refractivity contribution is 0.196. The van der Waals surface area contributed by atoms with Gasteiger partial charge in [0.1, 0.15) is 0 Å². The van der Waals surface area contributed by atoms with Gasteiger partial charge in [0.25, 0.3) is 0 Å². The van der Waals surface area contributed by atoms with Crippen LogP contribution < -0.4 is 5.73 Å². The molecule has 0 radical (unpaired) electrons. The van der Waals surface area contributed by atoms with E-state index in [1.165, 1.54) is 5.56 Å². The highest BCUT2D eigenvalue weighted by molar-refractivity contribution is 9.10. The number of aryl methyl sites for hydroxylation is 1. The summed E-state index contributed by atoms with van der Waals surface area (Å²) in [4.78, 5) is 0. The third-order valence-corrected chi connectivity index (χ3v) is 4.75. The molecule has 3 N–H and O–H groups in total. The molecule has 1 atom stereocenters. The van der Waals surface area contributed by atoms with Crippen molar-refractivity contribution in [2.45, 2.75) is 18.8 Å². The second-order valence-electron chi connectivity index (χ2n) is 5.42. The van der Waals surface area contributed by atoms with Crippen LogP contribution >= 0.6 is 27.5 Å². The van der Waals surface area contributed by atoms with E-state index in [1.807, 2.05) is 49.4 Å². The van der Waals surface area contributed by atoms with E-state index in [0.717, 1.165) is 15.6 Å². The Labute approximate surface area is 139 Å². The maximum atomic E-state index is 9.97. The third kappa shape index (κ3) is 3.67. The van der Waals surface area contributed by atoms with Crippen LogP contribution in [0.2, 0.25) is 5.02 Å². The van der Waals surface area contributed by atoms with Crippen LogP contribution in [0.15, 0.2) is 46.9 Å². The van der Waals surface area contributed by atoms with Gasteiger partial charge in [-0.1, -0.05) is 63.4 Å². The number of halogens is 2. The Morgan fingerprint density at radius 2 is 1.86 bits per heavy atom. The van der Waals surface area contributed by atoms with Gasteiger partial charge in [-0.15, -0.1) is 0 Å². The van der Waals surface area contributed by atoms with Crippen LogP contribution in [0.25, 0.3) is 0 Å². The van der Waals surface area contributed by atoms with Crippen molar-refractivity contribution in [3.63, 3.8) is 0 Å². The second kappa shape index (κ2) is 6.93. The van der Waals surface area contributed by atoms with E-state index in [0.29, 0.717) is 18.0 Å². The Morgan fingerprint density at radius 1 is 1.19 bits per heavy atom. The molecular weight excluding hydrogens is 350 g/mol. The van der Waals surface area contributed by atoms with Gasteiger partial charge in [0.05, 0.1) is 6.61 Å². The first-order chi connectivity index (χ1) is 10.0. The van der Waals surface area contributed by atoms with E-state index in [1.54, 1.807) is 0 Å². The lowest BCUT2D eigenvalue weighted by Gasteiger charge is -2.32. The van der Waals surface area contributed by atoms with Gasteiger partial charge in [-0.2, -0.15) is 0 Å². The minimum absolute atomic E-state index is 0.0149. The van der Waals surface area contributed by atoms with Crippen molar-refractivity contribution in [2.24, 2.45) is 5.73 Å². The molecule has 0 aliphatic carbocycles. The molecule has 2 aromatic rings. The number of nitrogens with two attached hydrogens (primary N) is 1. The van der Waals surface area contributed by atoms with Crippen molar-refractivity contribution < 1.29 is 5.11 Å². The summed E-state index contributed by atoms with van der Waals surface area (Å²) in [5.74, 6) is 0. The Kier molecular flexibility index (Phi) is 5.44. The molecule has 0 fully saturated rings. The Bertz CT molecular complexity index is 609. The SMILES string of the molecule is Cc1ccc(C(CN)(CO)Cc2ccc(Br)cc2Cl)cc1. The first-order valence-corrected chi connectivity index (χ1v) is 8.00. The van der Waals surface area contributed by atoms with Crippen LogP contribution in [-0.4, -0.2) is 18.3 Å². The Balaban J connectivity index is 2.40.